The Balaban J connectivity index is 1.23. The van der Waals surface area contributed by atoms with E-state index < -0.39 is 12.3 Å². The third-order valence-electron chi connectivity index (χ3n) is 8.46. The first-order valence-electron chi connectivity index (χ1n) is 13.6. The van der Waals surface area contributed by atoms with Crippen LogP contribution in [0.2, 0.25) is 0 Å². The van der Waals surface area contributed by atoms with Gasteiger partial charge in [0.15, 0.2) is 0 Å². The number of fused-ring (bicyclic) bond motifs is 1. The molecule has 9 atom stereocenters. The second kappa shape index (κ2) is 12.4. The summed E-state index contributed by atoms with van der Waals surface area (Å²) in [7, 11) is 0. The topological polar surface area (TPSA) is 77.7 Å². The average molecular weight is 486 g/mol. The Morgan fingerprint density at radius 3 is 2.71 bits per heavy atom. The molecule has 0 bridgehead atoms. The lowest BCUT2D eigenvalue weighted by Gasteiger charge is -2.45. The van der Waals surface area contributed by atoms with Crippen molar-refractivity contribution >= 4 is 5.91 Å². The average Bonchev–Trinajstić information content (AvgIpc) is 3.26. The maximum absolute atomic E-state index is 14.1. The number of alkyl halides is 2. The van der Waals surface area contributed by atoms with Crippen molar-refractivity contribution in [3.05, 3.63) is 0 Å². The fraction of sp³-hybridized carbons (Fsp3) is 0.960. The largest absolute Gasteiger partial charge is 0.380 e. The highest BCUT2D eigenvalue weighted by Crippen LogP contribution is 2.36. The number of hydrogen-bond donors (Lipinski definition) is 4. The van der Waals surface area contributed by atoms with Gasteiger partial charge >= 0.3 is 0 Å². The number of ether oxygens (including phenoxy) is 1. The first-order chi connectivity index (χ1) is 16.5. The number of piperazine rings is 1. The van der Waals surface area contributed by atoms with Gasteiger partial charge in [0, 0.05) is 50.8 Å². The van der Waals surface area contributed by atoms with Crippen molar-refractivity contribution in [2.75, 3.05) is 39.4 Å². The minimum Gasteiger partial charge on any atom is -0.380 e. The standard InChI is InChI=1S/C25H45F2N5O2/c1-3-11-34-12-9-29-25(33)19-6-5-18(13-16(19)2)31-23-24-30-15-22(32(24)10-8-28-23)17-4-7-20(26)21(27)14-17/h16-24,28,30-31H,3-15H2,1-2H3,(H,29,33). The van der Waals surface area contributed by atoms with Gasteiger partial charge in [0.2, 0.25) is 5.91 Å². The van der Waals surface area contributed by atoms with Gasteiger partial charge in [-0.1, -0.05) is 13.8 Å². The summed E-state index contributed by atoms with van der Waals surface area (Å²) in [6.07, 6.45) is 2.99. The third-order valence-corrected chi connectivity index (χ3v) is 8.46. The van der Waals surface area contributed by atoms with Gasteiger partial charge in [0.25, 0.3) is 0 Å². The minimum atomic E-state index is -1.31. The van der Waals surface area contributed by atoms with E-state index in [0.717, 1.165) is 58.3 Å². The minimum absolute atomic E-state index is 0.0632. The fourth-order valence-electron chi connectivity index (χ4n) is 6.62. The zero-order valence-electron chi connectivity index (χ0n) is 20.9. The van der Waals surface area contributed by atoms with Crippen LogP contribution in [-0.4, -0.2) is 87.0 Å². The van der Waals surface area contributed by atoms with E-state index in [9.17, 15) is 13.6 Å². The smallest absolute Gasteiger partial charge is 0.223 e. The first-order valence-corrected chi connectivity index (χ1v) is 13.6. The molecule has 0 aromatic carbocycles. The Labute approximate surface area is 203 Å². The van der Waals surface area contributed by atoms with Crippen LogP contribution in [0.25, 0.3) is 0 Å². The maximum atomic E-state index is 14.1. The van der Waals surface area contributed by atoms with Crippen LogP contribution in [0, 0.1) is 17.8 Å². The van der Waals surface area contributed by atoms with E-state index in [0.29, 0.717) is 38.0 Å². The normalized spacial score (nSPS) is 41.2. The van der Waals surface area contributed by atoms with E-state index in [1.807, 2.05) is 0 Å². The number of nitrogens with one attached hydrogen (secondary N) is 4. The Kier molecular flexibility index (Phi) is 9.55. The molecule has 2 heterocycles. The number of rotatable bonds is 9. The summed E-state index contributed by atoms with van der Waals surface area (Å²) in [6.45, 7) is 8.81. The van der Waals surface area contributed by atoms with Crippen molar-refractivity contribution in [3.8, 4) is 0 Å². The zero-order chi connectivity index (χ0) is 24.1. The molecule has 34 heavy (non-hydrogen) atoms. The van der Waals surface area contributed by atoms with Gasteiger partial charge in [0.05, 0.1) is 18.9 Å². The van der Waals surface area contributed by atoms with E-state index in [2.05, 4.69) is 40.0 Å². The highest BCUT2D eigenvalue weighted by atomic mass is 19.2. The van der Waals surface area contributed by atoms with Crippen LogP contribution in [0.3, 0.4) is 0 Å². The molecule has 2 aliphatic heterocycles. The Morgan fingerprint density at radius 2 is 1.94 bits per heavy atom. The highest BCUT2D eigenvalue weighted by Gasteiger charge is 2.46. The molecule has 0 aromatic rings. The van der Waals surface area contributed by atoms with Gasteiger partial charge in [-0.05, 0) is 56.8 Å². The van der Waals surface area contributed by atoms with E-state index in [-0.39, 0.29) is 36.1 Å². The SMILES string of the molecule is CCCOCCNC(=O)C1CCC(NC2NCCN3C(C4CCC(F)C(F)C4)CNC23)CC1C. The predicted octanol–water partition coefficient (Wildman–Crippen LogP) is 1.93. The molecule has 0 spiro atoms. The summed E-state index contributed by atoms with van der Waals surface area (Å²) in [6, 6.07) is 0.643. The maximum Gasteiger partial charge on any atom is 0.223 e. The second-order valence-corrected chi connectivity index (χ2v) is 10.9. The van der Waals surface area contributed by atoms with E-state index in [1.165, 1.54) is 0 Å². The molecule has 7 nitrogen and oxygen atoms in total. The lowest BCUT2D eigenvalue weighted by atomic mass is 9.77. The van der Waals surface area contributed by atoms with Crippen LogP contribution in [-0.2, 0) is 9.53 Å². The van der Waals surface area contributed by atoms with E-state index >= 15 is 0 Å². The molecular weight excluding hydrogens is 440 g/mol. The van der Waals surface area contributed by atoms with E-state index in [1.54, 1.807) is 0 Å². The van der Waals surface area contributed by atoms with Crippen LogP contribution in [0.4, 0.5) is 8.78 Å². The lowest BCUT2D eigenvalue weighted by Crippen LogP contribution is -2.67. The summed E-state index contributed by atoms with van der Waals surface area (Å²) >= 11 is 0. The number of amides is 1. The summed E-state index contributed by atoms with van der Waals surface area (Å²) < 4.78 is 33.2. The molecule has 2 saturated carbocycles. The highest BCUT2D eigenvalue weighted by molar-refractivity contribution is 5.79. The van der Waals surface area contributed by atoms with Gasteiger partial charge in [-0.2, -0.15) is 0 Å². The number of hydrogen-bond acceptors (Lipinski definition) is 6. The molecule has 9 heteroatoms. The van der Waals surface area contributed by atoms with Gasteiger partial charge in [-0.3, -0.25) is 25.6 Å². The summed E-state index contributed by atoms with van der Waals surface area (Å²) in [5.74, 6) is 0.763. The van der Waals surface area contributed by atoms with E-state index in [4.69, 9.17) is 4.74 Å². The Morgan fingerprint density at radius 1 is 1.09 bits per heavy atom. The fourth-order valence-corrected chi connectivity index (χ4v) is 6.62. The third kappa shape index (κ3) is 6.27. The predicted molar refractivity (Wildman–Crippen MR) is 129 cm³/mol. The Bertz CT molecular complexity index is 659. The van der Waals surface area contributed by atoms with Crippen molar-refractivity contribution < 1.29 is 18.3 Å². The van der Waals surface area contributed by atoms with Crippen molar-refractivity contribution in [1.82, 2.24) is 26.2 Å². The monoisotopic (exact) mass is 485 g/mol. The van der Waals surface area contributed by atoms with Crippen LogP contribution >= 0.6 is 0 Å². The summed E-state index contributed by atoms with van der Waals surface area (Å²) in [5, 5.41) is 14.2. The van der Waals surface area contributed by atoms with Crippen LogP contribution in [0.5, 0.6) is 0 Å². The van der Waals surface area contributed by atoms with Gasteiger partial charge in [-0.25, -0.2) is 8.78 Å². The molecule has 0 aromatic heterocycles. The van der Waals surface area contributed by atoms with Crippen molar-refractivity contribution in [2.24, 2.45) is 17.8 Å². The Hall–Kier alpha value is -0.870. The molecular formula is C25H45F2N5O2. The first kappa shape index (κ1) is 26.2. The summed E-state index contributed by atoms with van der Waals surface area (Å²) in [5.41, 5.74) is 0. The molecule has 2 saturated heterocycles. The number of carbonyl (C=O) groups excluding carboxylic acids is 1. The van der Waals surface area contributed by atoms with Gasteiger partial charge in [-0.15, -0.1) is 0 Å². The zero-order valence-corrected chi connectivity index (χ0v) is 20.9. The molecule has 1 amide bonds. The van der Waals surface area contributed by atoms with Crippen LogP contribution in [0.15, 0.2) is 0 Å². The molecule has 4 aliphatic rings. The quantitative estimate of drug-likeness (QED) is 0.374. The molecule has 9 unspecified atom stereocenters. The number of nitrogens with zero attached hydrogens (tertiary/aromatic N) is 1. The van der Waals surface area contributed by atoms with Crippen molar-refractivity contribution in [2.45, 2.75) is 95.6 Å². The number of halogens is 2. The lowest BCUT2D eigenvalue weighted by molar-refractivity contribution is -0.128. The van der Waals surface area contributed by atoms with Crippen LogP contribution < -0.4 is 21.3 Å². The van der Waals surface area contributed by atoms with Gasteiger partial charge in [0.1, 0.15) is 12.3 Å². The molecule has 4 N–H and O–H groups in total. The molecule has 196 valence electrons. The molecule has 4 fully saturated rings. The summed E-state index contributed by atoms with van der Waals surface area (Å²) in [4.78, 5) is 15.1. The second-order valence-electron chi connectivity index (χ2n) is 10.9. The number of carbonyl (C=O) groups is 1. The molecule has 4 rings (SSSR count). The molecule has 2 aliphatic carbocycles. The van der Waals surface area contributed by atoms with Crippen LogP contribution in [0.1, 0.15) is 58.8 Å². The molecule has 0 radical (unpaired) electrons. The van der Waals surface area contributed by atoms with Crippen molar-refractivity contribution in [1.29, 1.82) is 0 Å². The van der Waals surface area contributed by atoms with Gasteiger partial charge < -0.3 is 10.1 Å². The van der Waals surface area contributed by atoms with Crippen molar-refractivity contribution in [3.63, 3.8) is 0 Å².